The Labute approximate surface area is 136 Å². The molecule has 1 aliphatic rings. The lowest BCUT2D eigenvalue weighted by Crippen LogP contribution is -2.43. The molecule has 0 unspecified atom stereocenters. The SMILES string of the molecule is C=C(C)c1ccc(-c2csc(CN3CCN(C)CC3)n2)cc1. The molecule has 4 heteroatoms. The van der Waals surface area contributed by atoms with Gasteiger partial charge in [0.2, 0.25) is 0 Å². The molecule has 1 aromatic heterocycles. The molecule has 0 N–H and O–H groups in total. The maximum atomic E-state index is 4.81. The lowest BCUT2D eigenvalue weighted by molar-refractivity contribution is 0.148. The molecule has 1 aromatic carbocycles. The summed E-state index contributed by atoms with van der Waals surface area (Å²) in [5, 5.41) is 3.38. The summed E-state index contributed by atoms with van der Waals surface area (Å²) in [7, 11) is 2.19. The van der Waals surface area contributed by atoms with Crippen molar-refractivity contribution in [3.8, 4) is 11.3 Å². The zero-order valence-corrected chi connectivity index (χ0v) is 14.2. The van der Waals surface area contributed by atoms with Gasteiger partial charge in [-0.15, -0.1) is 11.3 Å². The van der Waals surface area contributed by atoms with Crippen LogP contribution in [-0.4, -0.2) is 48.0 Å². The molecule has 0 saturated carbocycles. The van der Waals surface area contributed by atoms with Crippen molar-refractivity contribution < 1.29 is 0 Å². The molecule has 2 heterocycles. The van der Waals surface area contributed by atoms with Crippen LogP contribution in [0.1, 0.15) is 17.5 Å². The van der Waals surface area contributed by atoms with Crippen molar-refractivity contribution in [1.82, 2.24) is 14.8 Å². The van der Waals surface area contributed by atoms with Crippen molar-refractivity contribution in [2.45, 2.75) is 13.5 Å². The van der Waals surface area contributed by atoms with E-state index >= 15 is 0 Å². The number of rotatable bonds is 4. The average Bonchev–Trinajstić information content (AvgIpc) is 2.98. The van der Waals surface area contributed by atoms with Gasteiger partial charge < -0.3 is 4.90 Å². The second-order valence-electron chi connectivity index (χ2n) is 6.06. The van der Waals surface area contributed by atoms with Gasteiger partial charge in [-0.2, -0.15) is 0 Å². The third kappa shape index (κ3) is 3.64. The Kier molecular flexibility index (Phi) is 4.71. The Morgan fingerprint density at radius 1 is 1.18 bits per heavy atom. The number of likely N-dealkylation sites (N-methyl/N-ethyl adjacent to an activating group) is 1. The highest BCUT2D eigenvalue weighted by Gasteiger charge is 2.15. The van der Waals surface area contributed by atoms with Gasteiger partial charge in [0.15, 0.2) is 0 Å². The average molecular weight is 313 g/mol. The van der Waals surface area contributed by atoms with Crippen molar-refractivity contribution in [2.24, 2.45) is 0 Å². The number of hydrogen-bond acceptors (Lipinski definition) is 4. The van der Waals surface area contributed by atoms with Crippen LogP contribution in [0.4, 0.5) is 0 Å². The third-order valence-electron chi connectivity index (χ3n) is 4.18. The summed E-state index contributed by atoms with van der Waals surface area (Å²) in [6.07, 6.45) is 0. The van der Waals surface area contributed by atoms with E-state index in [-0.39, 0.29) is 0 Å². The van der Waals surface area contributed by atoms with Crippen molar-refractivity contribution in [3.63, 3.8) is 0 Å². The van der Waals surface area contributed by atoms with Gasteiger partial charge in [-0.05, 0) is 19.5 Å². The Morgan fingerprint density at radius 2 is 1.86 bits per heavy atom. The van der Waals surface area contributed by atoms with Crippen LogP contribution in [0.2, 0.25) is 0 Å². The van der Waals surface area contributed by atoms with Gasteiger partial charge in [0.25, 0.3) is 0 Å². The molecule has 0 radical (unpaired) electrons. The number of aromatic nitrogens is 1. The Bertz CT molecular complexity index is 637. The van der Waals surface area contributed by atoms with Crippen LogP contribution in [-0.2, 0) is 6.54 Å². The molecule has 0 aliphatic carbocycles. The van der Waals surface area contributed by atoms with Gasteiger partial charge >= 0.3 is 0 Å². The minimum atomic E-state index is 0.975. The fourth-order valence-corrected chi connectivity index (χ4v) is 3.48. The van der Waals surface area contributed by atoms with Crippen LogP contribution < -0.4 is 0 Å². The third-order valence-corrected chi connectivity index (χ3v) is 5.01. The summed E-state index contributed by atoms with van der Waals surface area (Å²) in [6.45, 7) is 11.6. The molecule has 0 bridgehead atoms. The van der Waals surface area contributed by atoms with E-state index in [4.69, 9.17) is 4.98 Å². The number of piperazine rings is 1. The predicted octanol–water partition coefficient (Wildman–Crippen LogP) is 3.59. The Balaban J connectivity index is 1.66. The van der Waals surface area contributed by atoms with Crippen molar-refractivity contribution >= 4 is 16.9 Å². The highest BCUT2D eigenvalue weighted by molar-refractivity contribution is 7.09. The van der Waals surface area contributed by atoms with Gasteiger partial charge in [-0.1, -0.05) is 36.4 Å². The molecule has 1 aliphatic heterocycles. The van der Waals surface area contributed by atoms with Gasteiger partial charge in [-0.25, -0.2) is 4.98 Å². The van der Waals surface area contributed by atoms with Gasteiger partial charge in [-0.3, -0.25) is 4.90 Å². The molecule has 22 heavy (non-hydrogen) atoms. The minimum Gasteiger partial charge on any atom is -0.304 e. The van der Waals surface area contributed by atoms with Gasteiger partial charge in [0, 0.05) is 37.1 Å². The molecule has 3 nitrogen and oxygen atoms in total. The van der Waals surface area contributed by atoms with E-state index in [9.17, 15) is 0 Å². The van der Waals surface area contributed by atoms with E-state index < -0.39 is 0 Å². The van der Waals surface area contributed by atoms with E-state index in [1.165, 1.54) is 16.1 Å². The van der Waals surface area contributed by atoms with E-state index in [2.05, 4.69) is 53.1 Å². The smallest absolute Gasteiger partial charge is 0.107 e. The fourth-order valence-electron chi connectivity index (χ4n) is 2.64. The Morgan fingerprint density at radius 3 is 2.50 bits per heavy atom. The highest BCUT2D eigenvalue weighted by Crippen LogP contribution is 2.24. The van der Waals surface area contributed by atoms with Crippen LogP contribution in [0.15, 0.2) is 36.2 Å². The topological polar surface area (TPSA) is 19.4 Å². The predicted molar refractivity (Wildman–Crippen MR) is 95.0 cm³/mol. The lowest BCUT2D eigenvalue weighted by Gasteiger charge is -2.31. The first-order chi connectivity index (χ1) is 10.6. The molecule has 1 fully saturated rings. The molecular formula is C18H23N3S. The van der Waals surface area contributed by atoms with Crippen molar-refractivity contribution in [2.75, 3.05) is 33.2 Å². The van der Waals surface area contributed by atoms with Crippen molar-refractivity contribution in [1.29, 1.82) is 0 Å². The molecule has 2 aromatic rings. The number of allylic oxidation sites excluding steroid dienone is 1. The van der Waals surface area contributed by atoms with Crippen LogP contribution in [0.3, 0.4) is 0 Å². The summed E-state index contributed by atoms with van der Waals surface area (Å²) in [5.74, 6) is 0. The fraction of sp³-hybridized carbons (Fsp3) is 0.389. The van der Waals surface area contributed by atoms with E-state index in [0.29, 0.717) is 0 Å². The monoisotopic (exact) mass is 313 g/mol. The lowest BCUT2D eigenvalue weighted by atomic mass is 10.1. The van der Waals surface area contributed by atoms with E-state index in [1.807, 2.05) is 6.92 Å². The van der Waals surface area contributed by atoms with Crippen LogP contribution in [0.5, 0.6) is 0 Å². The molecular weight excluding hydrogens is 290 g/mol. The maximum absolute atomic E-state index is 4.81. The van der Waals surface area contributed by atoms with Crippen molar-refractivity contribution in [3.05, 3.63) is 46.8 Å². The quantitative estimate of drug-likeness (QED) is 0.860. The van der Waals surface area contributed by atoms with Crippen LogP contribution in [0.25, 0.3) is 16.8 Å². The standard InChI is InChI=1S/C18H23N3S/c1-14(2)15-4-6-16(7-5-15)17-13-22-18(19-17)12-21-10-8-20(3)9-11-21/h4-7,13H,1,8-12H2,2-3H3. The highest BCUT2D eigenvalue weighted by atomic mass is 32.1. The largest absolute Gasteiger partial charge is 0.304 e. The molecule has 116 valence electrons. The van der Waals surface area contributed by atoms with Crippen LogP contribution in [0, 0.1) is 0 Å². The number of benzene rings is 1. The maximum Gasteiger partial charge on any atom is 0.107 e. The molecule has 3 rings (SSSR count). The number of nitrogens with zero attached hydrogens (tertiary/aromatic N) is 3. The normalized spacial score (nSPS) is 16.8. The summed E-state index contributed by atoms with van der Waals surface area (Å²) in [5.41, 5.74) is 4.56. The summed E-state index contributed by atoms with van der Waals surface area (Å²) in [6, 6.07) is 8.52. The minimum absolute atomic E-state index is 0.975. The van der Waals surface area contributed by atoms with E-state index in [0.717, 1.165) is 44.0 Å². The Hall–Kier alpha value is -1.49. The second-order valence-corrected chi connectivity index (χ2v) is 7.01. The zero-order valence-electron chi connectivity index (χ0n) is 13.4. The number of hydrogen-bond donors (Lipinski definition) is 0. The van der Waals surface area contributed by atoms with E-state index in [1.54, 1.807) is 11.3 Å². The molecule has 0 atom stereocenters. The van der Waals surface area contributed by atoms with Crippen LogP contribution >= 0.6 is 11.3 Å². The summed E-state index contributed by atoms with van der Waals surface area (Å²) < 4.78 is 0. The first-order valence-electron chi connectivity index (χ1n) is 7.73. The zero-order chi connectivity index (χ0) is 15.5. The van der Waals surface area contributed by atoms with Gasteiger partial charge in [0.1, 0.15) is 5.01 Å². The first-order valence-corrected chi connectivity index (χ1v) is 8.61. The molecule has 0 amide bonds. The summed E-state index contributed by atoms with van der Waals surface area (Å²) >= 11 is 1.77. The number of thiazole rings is 1. The molecule has 1 saturated heterocycles. The second kappa shape index (κ2) is 6.73. The molecule has 0 spiro atoms. The first kappa shape index (κ1) is 15.4. The van der Waals surface area contributed by atoms with Gasteiger partial charge in [0.05, 0.1) is 12.2 Å². The summed E-state index contributed by atoms with van der Waals surface area (Å²) in [4.78, 5) is 9.68.